The summed E-state index contributed by atoms with van der Waals surface area (Å²) in [7, 11) is 0.560. The highest BCUT2D eigenvalue weighted by Crippen LogP contribution is 2.29. The number of sulfonamides is 1. The SMILES string of the molecule is CN(C)C1CCN(S(=O)(=O)c2ccc(Br)cc2Cl)CC1. The van der Waals surface area contributed by atoms with Crippen molar-refractivity contribution in [3.63, 3.8) is 0 Å². The van der Waals surface area contributed by atoms with E-state index in [-0.39, 0.29) is 9.92 Å². The monoisotopic (exact) mass is 380 g/mol. The number of rotatable bonds is 3. The van der Waals surface area contributed by atoms with Crippen LogP contribution in [0.3, 0.4) is 0 Å². The molecular formula is C13H18BrClN2O2S. The average Bonchev–Trinajstić information content (AvgIpc) is 2.38. The van der Waals surface area contributed by atoms with E-state index in [4.69, 9.17) is 11.6 Å². The van der Waals surface area contributed by atoms with E-state index < -0.39 is 10.0 Å². The van der Waals surface area contributed by atoms with Crippen LogP contribution in [0, 0.1) is 0 Å². The van der Waals surface area contributed by atoms with Gasteiger partial charge in [-0.25, -0.2) is 8.42 Å². The molecule has 1 saturated heterocycles. The lowest BCUT2D eigenvalue weighted by molar-refractivity contribution is 0.196. The molecule has 0 amide bonds. The first-order valence-corrected chi connectivity index (χ1v) is 9.05. The molecule has 7 heteroatoms. The van der Waals surface area contributed by atoms with Crippen molar-refractivity contribution in [1.29, 1.82) is 0 Å². The Labute approximate surface area is 133 Å². The predicted octanol–water partition coefficient (Wildman–Crippen LogP) is 2.82. The highest BCUT2D eigenvalue weighted by atomic mass is 79.9. The van der Waals surface area contributed by atoms with Gasteiger partial charge in [-0.1, -0.05) is 27.5 Å². The summed E-state index contributed by atoms with van der Waals surface area (Å²) in [5, 5.41) is 0.258. The molecule has 0 bridgehead atoms. The van der Waals surface area contributed by atoms with Crippen molar-refractivity contribution in [3.8, 4) is 0 Å². The molecule has 1 aromatic carbocycles. The molecule has 0 aromatic heterocycles. The molecule has 0 spiro atoms. The van der Waals surface area contributed by atoms with E-state index >= 15 is 0 Å². The Hall–Kier alpha value is -0.140. The van der Waals surface area contributed by atoms with Gasteiger partial charge in [0.1, 0.15) is 4.90 Å². The molecule has 0 aliphatic carbocycles. The molecular weight excluding hydrogens is 364 g/mol. The quantitative estimate of drug-likeness (QED) is 0.808. The maximum absolute atomic E-state index is 12.6. The van der Waals surface area contributed by atoms with Gasteiger partial charge in [-0.05, 0) is 45.1 Å². The summed E-state index contributed by atoms with van der Waals surface area (Å²) < 4.78 is 27.5. The minimum atomic E-state index is -3.50. The Kier molecular flexibility index (Phi) is 5.13. The van der Waals surface area contributed by atoms with Crippen molar-refractivity contribution in [1.82, 2.24) is 9.21 Å². The third-order valence-corrected chi connectivity index (χ3v) is 6.54. The van der Waals surface area contributed by atoms with Crippen molar-refractivity contribution in [2.45, 2.75) is 23.8 Å². The molecule has 0 unspecified atom stereocenters. The van der Waals surface area contributed by atoms with Crippen molar-refractivity contribution in [3.05, 3.63) is 27.7 Å². The van der Waals surface area contributed by atoms with Gasteiger partial charge in [-0.2, -0.15) is 4.31 Å². The number of hydrogen-bond donors (Lipinski definition) is 0. The number of hydrogen-bond acceptors (Lipinski definition) is 3. The maximum Gasteiger partial charge on any atom is 0.244 e. The van der Waals surface area contributed by atoms with Gasteiger partial charge in [0.25, 0.3) is 0 Å². The summed E-state index contributed by atoms with van der Waals surface area (Å²) in [6, 6.07) is 5.31. The van der Waals surface area contributed by atoms with Crippen LogP contribution in [-0.4, -0.2) is 50.8 Å². The van der Waals surface area contributed by atoms with Crippen LogP contribution >= 0.6 is 27.5 Å². The first kappa shape index (κ1) is 16.2. The van der Waals surface area contributed by atoms with E-state index in [1.165, 1.54) is 4.31 Å². The van der Waals surface area contributed by atoms with Crippen molar-refractivity contribution in [2.24, 2.45) is 0 Å². The van der Waals surface area contributed by atoms with E-state index in [1.54, 1.807) is 18.2 Å². The Bertz CT molecular complexity index is 584. The van der Waals surface area contributed by atoms with Gasteiger partial charge in [-0.3, -0.25) is 0 Å². The van der Waals surface area contributed by atoms with Gasteiger partial charge in [0, 0.05) is 23.6 Å². The van der Waals surface area contributed by atoms with Crippen LogP contribution in [-0.2, 0) is 10.0 Å². The number of halogens is 2. The van der Waals surface area contributed by atoms with Gasteiger partial charge < -0.3 is 4.90 Å². The molecule has 0 saturated carbocycles. The second-order valence-corrected chi connectivity index (χ2v) is 8.40. The normalized spacial score (nSPS) is 18.6. The fourth-order valence-electron chi connectivity index (χ4n) is 2.42. The highest BCUT2D eigenvalue weighted by Gasteiger charge is 2.31. The Morgan fingerprint density at radius 1 is 1.30 bits per heavy atom. The lowest BCUT2D eigenvalue weighted by Crippen LogP contribution is -2.44. The topological polar surface area (TPSA) is 40.6 Å². The van der Waals surface area contributed by atoms with E-state index in [1.807, 2.05) is 14.1 Å². The van der Waals surface area contributed by atoms with E-state index in [9.17, 15) is 8.42 Å². The van der Waals surface area contributed by atoms with E-state index in [2.05, 4.69) is 20.8 Å². The van der Waals surface area contributed by atoms with E-state index in [0.717, 1.165) is 17.3 Å². The molecule has 1 aliphatic rings. The van der Waals surface area contributed by atoms with Gasteiger partial charge in [-0.15, -0.1) is 0 Å². The smallest absolute Gasteiger partial charge is 0.244 e. The lowest BCUT2D eigenvalue weighted by Gasteiger charge is -2.34. The third kappa shape index (κ3) is 3.36. The molecule has 20 heavy (non-hydrogen) atoms. The third-order valence-electron chi connectivity index (χ3n) is 3.67. The zero-order valence-corrected chi connectivity index (χ0v) is 14.7. The molecule has 0 radical (unpaired) electrons. The second kappa shape index (κ2) is 6.32. The summed E-state index contributed by atoms with van der Waals surface area (Å²) >= 11 is 9.35. The van der Waals surface area contributed by atoms with Crippen LogP contribution in [0.15, 0.2) is 27.6 Å². The van der Waals surface area contributed by atoms with Crippen molar-refractivity contribution < 1.29 is 8.42 Å². The summed E-state index contributed by atoms with van der Waals surface area (Å²) in [5.41, 5.74) is 0. The van der Waals surface area contributed by atoms with Crippen LogP contribution in [0.1, 0.15) is 12.8 Å². The minimum Gasteiger partial charge on any atom is -0.306 e. The Balaban J connectivity index is 2.20. The largest absolute Gasteiger partial charge is 0.306 e. The van der Waals surface area contributed by atoms with Gasteiger partial charge in [0.15, 0.2) is 0 Å². The molecule has 0 N–H and O–H groups in total. The molecule has 1 fully saturated rings. The molecule has 112 valence electrons. The molecule has 0 atom stereocenters. The Morgan fingerprint density at radius 2 is 1.90 bits per heavy atom. The zero-order valence-electron chi connectivity index (χ0n) is 11.5. The maximum atomic E-state index is 12.6. The summed E-state index contributed by atoms with van der Waals surface area (Å²) in [6.45, 7) is 1.08. The molecule has 4 nitrogen and oxygen atoms in total. The van der Waals surface area contributed by atoms with E-state index in [0.29, 0.717) is 19.1 Å². The summed E-state index contributed by atoms with van der Waals surface area (Å²) in [6.07, 6.45) is 1.70. The number of nitrogens with zero attached hydrogens (tertiary/aromatic N) is 2. The van der Waals surface area contributed by atoms with Crippen LogP contribution in [0.5, 0.6) is 0 Å². The number of benzene rings is 1. The van der Waals surface area contributed by atoms with Crippen LogP contribution in [0.2, 0.25) is 5.02 Å². The Morgan fingerprint density at radius 3 is 2.40 bits per heavy atom. The van der Waals surface area contributed by atoms with Crippen LogP contribution in [0.25, 0.3) is 0 Å². The first-order valence-electron chi connectivity index (χ1n) is 6.44. The number of piperidine rings is 1. The standard InChI is InChI=1S/C13H18BrClN2O2S/c1-16(2)11-5-7-17(8-6-11)20(18,19)13-4-3-10(14)9-12(13)15/h3-4,9,11H,5-8H2,1-2H3. The predicted molar refractivity (Wildman–Crippen MR) is 84.6 cm³/mol. The second-order valence-electron chi connectivity index (χ2n) is 5.17. The lowest BCUT2D eigenvalue weighted by atomic mass is 10.1. The van der Waals surface area contributed by atoms with Crippen LogP contribution in [0.4, 0.5) is 0 Å². The summed E-state index contributed by atoms with van der Waals surface area (Å²) in [5.74, 6) is 0. The fraction of sp³-hybridized carbons (Fsp3) is 0.538. The highest BCUT2D eigenvalue weighted by molar-refractivity contribution is 9.10. The zero-order chi connectivity index (χ0) is 14.9. The fourth-order valence-corrected chi connectivity index (χ4v) is 4.90. The summed E-state index contributed by atoms with van der Waals surface area (Å²) in [4.78, 5) is 2.34. The van der Waals surface area contributed by atoms with Gasteiger partial charge >= 0.3 is 0 Å². The minimum absolute atomic E-state index is 0.186. The van der Waals surface area contributed by atoms with Crippen molar-refractivity contribution >= 4 is 37.6 Å². The molecule has 1 heterocycles. The first-order chi connectivity index (χ1) is 9.32. The molecule has 1 aliphatic heterocycles. The van der Waals surface area contributed by atoms with Gasteiger partial charge in [0.2, 0.25) is 10.0 Å². The van der Waals surface area contributed by atoms with Crippen LogP contribution < -0.4 is 0 Å². The average molecular weight is 382 g/mol. The molecule has 2 rings (SSSR count). The molecule has 1 aromatic rings. The van der Waals surface area contributed by atoms with Crippen molar-refractivity contribution in [2.75, 3.05) is 27.2 Å². The van der Waals surface area contributed by atoms with Gasteiger partial charge in [0.05, 0.1) is 5.02 Å².